The summed E-state index contributed by atoms with van der Waals surface area (Å²) in [6.07, 6.45) is -3.27. The number of aromatic nitrogens is 2. The molecule has 1 heterocycles. The number of rotatable bonds is 4. The van der Waals surface area contributed by atoms with Gasteiger partial charge in [-0.25, -0.2) is 9.97 Å². The van der Waals surface area contributed by atoms with Crippen molar-refractivity contribution < 1.29 is 18.0 Å². The Kier molecular flexibility index (Phi) is 5.64. The van der Waals surface area contributed by atoms with Gasteiger partial charge in [0, 0.05) is 18.2 Å². The number of carbonyl (C=O) groups is 1. The maximum atomic E-state index is 13.0. The minimum atomic E-state index is -4.55. The molecule has 2 rings (SSSR count). The van der Waals surface area contributed by atoms with Crippen molar-refractivity contribution in [2.24, 2.45) is 5.73 Å². The minimum absolute atomic E-state index is 0.00734. The van der Waals surface area contributed by atoms with E-state index in [1.807, 2.05) is 13.8 Å². The number of hydrogen-bond acceptors (Lipinski definition) is 4. The molecule has 0 fully saturated rings. The molecule has 25 heavy (non-hydrogen) atoms. The Bertz CT molecular complexity index is 793. The molecular formula is C16H16ClF3N4O. The summed E-state index contributed by atoms with van der Waals surface area (Å²) in [5.74, 6) is -0.362. The van der Waals surface area contributed by atoms with Crippen LogP contribution in [-0.4, -0.2) is 15.9 Å². The third kappa shape index (κ3) is 4.67. The molecule has 1 amide bonds. The first kappa shape index (κ1) is 19.1. The lowest BCUT2D eigenvalue weighted by Gasteiger charge is -2.13. The number of carbonyl (C=O) groups excluding carboxylic acids is 1. The summed E-state index contributed by atoms with van der Waals surface area (Å²) < 4.78 is 38.9. The second kappa shape index (κ2) is 7.37. The highest BCUT2D eigenvalue weighted by Gasteiger charge is 2.31. The van der Waals surface area contributed by atoms with Gasteiger partial charge in [-0.05, 0) is 23.8 Å². The number of nitrogens with two attached hydrogens (primary N) is 1. The molecule has 1 aromatic heterocycles. The van der Waals surface area contributed by atoms with E-state index in [1.54, 1.807) is 0 Å². The largest absolute Gasteiger partial charge is 0.416 e. The lowest BCUT2D eigenvalue weighted by atomic mass is 10.1. The molecule has 9 heteroatoms. The van der Waals surface area contributed by atoms with Crippen LogP contribution in [0.1, 0.15) is 47.2 Å². The number of alkyl halides is 3. The van der Waals surface area contributed by atoms with Crippen LogP contribution in [0.5, 0.6) is 0 Å². The van der Waals surface area contributed by atoms with Crippen LogP contribution in [0.4, 0.5) is 18.9 Å². The molecule has 0 saturated heterocycles. The Balaban J connectivity index is 2.36. The average molecular weight is 373 g/mol. The summed E-state index contributed by atoms with van der Waals surface area (Å²) in [5, 5.41) is 2.39. The van der Waals surface area contributed by atoms with Crippen molar-refractivity contribution in [1.82, 2.24) is 9.97 Å². The molecule has 0 radical (unpaired) electrons. The fraction of sp³-hybridized carbons (Fsp3) is 0.312. The highest BCUT2D eigenvalue weighted by molar-refractivity contribution is 6.33. The standard InChI is InChI=1S/C16H16ClF3N4O/c1-8(2)14-22-7-12(17)13(24-14)15(25)23-11-4-9(6-21)3-10(5-11)16(18,19)20/h3-5,7-8H,6,21H2,1-2H3,(H,23,25). The highest BCUT2D eigenvalue weighted by atomic mass is 35.5. The second-order valence-electron chi connectivity index (χ2n) is 5.65. The Hall–Kier alpha value is -2.19. The Morgan fingerprint density at radius 1 is 1.32 bits per heavy atom. The van der Waals surface area contributed by atoms with Crippen LogP contribution < -0.4 is 11.1 Å². The van der Waals surface area contributed by atoms with Crippen LogP contribution in [0, 0.1) is 0 Å². The van der Waals surface area contributed by atoms with Crippen molar-refractivity contribution in [1.29, 1.82) is 0 Å². The molecule has 0 aliphatic rings. The third-order valence-corrected chi connectivity index (χ3v) is 3.58. The molecule has 5 nitrogen and oxygen atoms in total. The summed E-state index contributed by atoms with van der Waals surface area (Å²) in [4.78, 5) is 20.5. The summed E-state index contributed by atoms with van der Waals surface area (Å²) in [5.41, 5.74) is 4.62. The van der Waals surface area contributed by atoms with Crippen molar-refractivity contribution in [2.45, 2.75) is 32.5 Å². The quantitative estimate of drug-likeness (QED) is 0.850. The van der Waals surface area contributed by atoms with E-state index in [-0.39, 0.29) is 34.4 Å². The Morgan fingerprint density at radius 2 is 2.00 bits per heavy atom. The molecule has 0 bridgehead atoms. The van der Waals surface area contributed by atoms with E-state index in [9.17, 15) is 18.0 Å². The van der Waals surface area contributed by atoms with Gasteiger partial charge in [-0.15, -0.1) is 0 Å². The molecule has 3 N–H and O–H groups in total. The normalized spacial score (nSPS) is 11.7. The summed E-state index contributed by atoms with van der Waals surface area (Å²) >= 11 is 5.94. The molecule has 0 saturated carbocycles. The van der Waals surface area contributed by atoms with Crippen molar-refractivity contribution in [2.75, 3.05) is 5.32 Å². The molecule has 0 atom stereocenters. The van der Waals surface area contributed by atoms with E-state index in [0.29, 0.717) is 5.82 Å². The topological polar surface area (TPSA) is 80.9 Å². The van der Waals surface area contributed by atoms with Crippen LogP contribution in [0.3, 0.4) is 0 Å². The fourth-order valence-corrected chi connectivity index (χ4v) is 2.23. The Labute approximate surface area is 147 Å². The van der Waals surface area contributed by atoms with Gasteiger partial charge in [0.1, 0.15) is 5.82 Å². The predicted molar refractivity (Wildman–Crippen MR) is 88.4 cm³/mol. The average Bonchev–Trinajstić information content (AvgIpc) is 2.53. The van der Waals surface area contributed by atoms with Gasteiger partial charge in [-0.3, -0.25) is 4.79 Å². The fourth-order valence-electron chi connectivity index (χ4n) is 2.05. The van der Waals surface area contributed by atoms with E-state index in [4.69, 9.17) is 17.3 Å². The smallest absolute Gasteiger partial charge is 0.326 e. The summed E-state index contributed by atoms with van der Waals surface area (Å²) in [6, 6.07) is 3.13. The van der Waals surface area contributed by atoms with Crippen molar-refractivity contribution in [3.8, 4) is 0 Å². The number of amides is 1. The third-order valence-electron chi connectivity index (χ3n) is 3.31. The SMILES string of the molecule is CC(C)c1ncc(Cl)c(C(=O)Nc2cc(CN)cc(C(F)(F)F)c2)n1. The maximum Gasteiger partial charge on any atom is 0.416 e. The predicted octanol–water partition coefficient (Wildman–Crippen LogP) is 3.98. The number of nitrogens with zero attached hydrogens (tertiary/aromatic N) is 2. The molecule has 2 aromatic rings. The first-order valence-corrected chi connectivity index (χ1v) is 7.74. The van der Waals surface area contributed by atoms with E-state index in [1.165, 1.54) is 12.3 Å². The first-order valence-electron chi connectivity index (χ1n) is 7.36. The van der Waals surface area contributed by atoms with E-state index in [0.717, 1.165) is 12.1 Å². The monoisotopic (exact) mass is 372 g/mol. The van der Waals surface area contributed by atoms with Crippen LogP contribution in [-0.2, 0) is 12.7 Å². The maximum absolute atomic E-state index is 13.0. The van der Waals surface area contributed by atoms with Crippen molar-refractivity contribution in [3.63, 3.8) is 0 Å². The lowest BCUT2D eigenvalue weighted by Crippen LogP contribution is -2.17. The molecule has 0 aliphatic carbocycles. The Morgan fingerprint density at radius 3 is 2.56 bits per heavy atom. The van der Waals surface area contributed by atoms with Crippen molar-refractivity contribution >= 4 is 23.2 Å². The zero-order valence-corrected chi connectivity index (χ0v) is 14.2. The molecular weight excluding hydrogens is 357 g/mol. The summed E-state index contributed by atoms with van der Waals surface area (Å²) in [7, 11) is 0. The van der Waals surface area contributed by atoms with Gasteiger partial charge >= 0.3 is 6.18 Å². The number of hydrogen-bond donors (Lipinski definition) is 2. The van der Waals surface area contributed by atoms with Crippen molar-refractivity contribution in [3.05, 3.63) is 52.1 Å². The van der Waals surface area contributed by atoms with Gasteiger partial charge in [0.2, 0.25) is 0 Å². The van der Waals surface area contributed by atoms with Gasteiger partial charge < -0.3 is 11.1 Å². The van der Waals surface area contributed by atoms with E-state index >= 15 is 0 Å². The van der Waals surface area contributed by atoms with Crippen LogP contribution in [0.25, 0.3) is 0 Å². The zero-order chi connectivity index (χ0) is 18.8. The zero-order valence-electron chi connectivity index (χ0n) is 13.5. The van der Waals surface area contributed by atoms with E-state index in [2.05, 4.69) is 15.3 Å². The van der Waals surface area contributed by atoms with Crippen LogP contribution >= 0.6 is 11.6 Å². The lowest BCUT2D eigenvalue weighted by molar-refractivity contribution is -0.137. The molecule has 0 spiro atoms. The molecule has 1 aromatic carbocycles. The molecule has 0 aliphatic heterocycles. The number of halogens is 4. The van der Waals surface area contributed by atoms with Gasteiger partial charge in [0.25, 0.3) is 5.91 Å². The van der Waals surface area contributed by atoms with Crippen LogP contribution in [0.15, 0.2) is 24.4 Å². The minimum Gasteiger partial charge on any atom is -0.326 e. The number of nitrogens with one attached hydrogen (secondary N) is 1. The van der Waals surface area contributed by atoms with Crippen LogP contribution in [0.2, 0.25) is 5.02 Å². The second-order valence-corrected chi connectivity index (χ2v) is 6.06. The number of benzene rings is 1. The van der Waals surface area contributed by atoms with E-state index < -0.39 is 17.6 Å². The van der Waals surface area contributed by atoms with Gasteiger partial charge in [-0.2, -0.15) is 13.2 Å². The van der Waals surface area contributed by atoms with Gasteiger partial charge in [0.05, 0.1) is 16.8 Å². The summed E-state index contributed by atoms with van der Waals surface area (Å²) in [6.45, 7) is 3.58. The van der Waals surface area contributed by atoms with Gasteiger partial charge in [0.15, 0.2) is 5.69 Å². The molecule has 134 valence electrons. The highest BCUT2D eigenvalue weighted by Crippen LogP contribution is 2.32. The molecule has 0 unspecified atom stereocenters. The number of anilines is 1. The first-order chi connectivity index (χ1) is 11.6. The van der Waals surface area contributed by atoms with Gasteiger partial charge in [-0.1, -0.05) is 25.4 Å².